The Hall–Kier alpha value is -2.72. The standard InChI is InChI=1S/C21H28N6O3S/c1-15(2)27-20(28)19-18(16(3)23-24(19)4)22-21(27)25-10-12-26(13-11-25)31(29,30)14-17-8-6-5-7-9-17/h5-9,15H,10-14H2,1-4H3. The summed E-state index contributed by atoms with van der Waals surface area (Å²) in [6.07, 6.45) is 0. The number of sulfonamides is 1. The van der Waals surface area contributed by atoms with Gasteiger partial charge in [-0.05, 0) is 26.3 Å². The molecule has 0 amide bonds. The van der Waals surface area contributed by atoms with E-state index < -0.39 is 10.0 Å². The van der Waals surface area contributed by atoms with Crippen molar-refractivity contribution < 1.29 is 8.42 Å². The molecule has 4 rings (SSSR count). The van der Waals surface area contributed by atoms with Crippen LogP contribution in [-0.4, -0.2) is 58.2 Å². The summed E-state index contributed by atoms with van der Waals surface area (Å²) in [5.41, 5.74) is 2.43. The van der Waals surface area contributed by atoms with E-state index >= 15 is 0 Å². The van der Waals surface area contributed by atoms with Gasteiger partial charge in [-0.15, -0.1) is 0 Å². The van der Waals surface area contributed by atoms with Gasteiger partial charge in [0.15, 0.2) is 5.52 Å². The number of hydrogen-bond acceptors (Lipinski definition) is 6. The fraction of sp³-hybridized carbons (Fsp3) is 0.476. The molecule has 0 atom stereocenters. The summed E-state index contributed by atoms with van der Waals surface area (Å²) in [5.74, 6) is 0.563. The van der Waals surface area contributed by atoms with Crippen LogP contribution in [0.4, 0.5) is 5.95 Å². The number of piperazine rings is 1. The van der Waals surface area contributed by atoms with E-state index in [2.05, 4.69) is 5.10 Å². The van der Waals surface area contributed by atoms with Gasteiger partial charge < -0.3 is 4.90 Å². The number of rotatable bonds is 5. The average molecular weight is 445 g/mol. The lowest BCUT2D eigenvalue weighted by Crippen LogP contribution is -2.50. The molecule has 3 aromatic rings. The lowest BCUT2D eigenvalue weighted by Gasteiger charge is -2.36. The fourth-order valence-electron chi connectivity index (χ4n) is 4.11. The summed E-state index contributed by atoms with van der Waals surface area (Å²) in [7, 11) is -1.66. The van der Waals surface area contributed by atoms with E-state index in [0.717, 1.165) is 5.56 Å². The highest BCUT2D eigenvalue weighted by molar-refractivity contribution is 7.88. The van der Waals surface area contributed by atoms with Gasteiger partial charge in [-0.3, -0.25) is 14.0 Å². The molecule has 0 spiro atoms. The summed E-state index contributed by atoms with van der Waals surface area (Å²) < 4.78 is 30.5. The topological polar surface area (TPSA) is 93.3 Å². The molecule has 31 heavy (non-hydrogen) atoms. The van der Waals surface area contributed by atoms with Gasteiger partial charge in [0.2, 0.25) is 16.0 Å². The van der Waals surface area contributed by atoms with Crippen LogP contribution in [0.2, 0.25) is 0 Å². The molecule has 0 radical (unpaired) electrons. The predicted molar refractivity (Wildman–Crippen MR) is 121 cm³/mol. The Morgan fingerprint density at radius 3 is 2.32 bits per heavy atom. The summed E-state index contributed by atoms with van der Waals surface area (Å²) in [4.78, 5) is 20.0. The van der Waals surface area contributed by atoms with Crippen molar-refractivity contribution in [3.63, 3.8) is 0 Å². The lowest BCUT2D eigenvalue weighted by atomic mass is 10.2. The van der Waals surface area contributed by atoms with Crippen molar-refractivity contribution in [2.45, 2.75) is 32.6 Å². The van der Waals surface area contributed by atoms with E-state index in [1.54, 1.807) is 16.3 Å². The van der Waals surface area contributed by atoms with Crippen molar-refractivity contribution in [1.82, 2.24) is 23.6 Å². The maximum absolute atomic E-state index is 13.2. The largest absolute Gasteiger partial charge is 0.339 e. The van der Waals surface area contributed by atoms with E-state index in [0.29, 0.717) is 48.9 Å². The third-order valence-corrected chi connectivity index (χ3v) is 7.51. The molecule has 1 aliphatic heterocycles. The number of anilines is 1. The molecule has 9 nitrogen and oxygen atoms in total. The maximum Gasteiger partial charge on any atom is 0.281 e. The molecule has 0 saturated carbocycles. The molecule has 0 unspecified atom stereocenters. The highest BCUT2D eigenvalue weighted by Gasteiger charge is 2.30. The van der Waals surface area contributed by atoms with Crippen LogP contribution in [0, 0.1) is 6.92 Å². The minimum Gasteiger partial charge on any atom is -0.339 e. The van der Waals surface area contributed by atoms with Crippen LogP contribution in [0.1, 0.15) is 31.1 Å². The van der Waals surface area contributed by atoms with Gasteiger partial charge in [0.1, 0.15) is 5.52 Å². The quantitative estimate of drug-likeness (QED) is 0.594. The van der Waals surface area contributed by atoms with Crippen molar-refractivity contribution in [2.75, 3.05) is 31.1 Å². The summed E-state index contributed by atoms with van der Waals surface area (Å²) in [6, 6.07) is 9.12. The molecule has 0 N–H and O–H groups in total. The summed E-state index contributed by atoms with van der Waals surface area (Å²) in [6.45, 7) is 7.38. The van der Waals surface area contributed by atoms with Crippen molar-refractivity contribution >= 4 is 27.0 Å². The molecule has 1 aliphatic rings. The highest BCUT2D eigenvalue weighted by atomic mass is 32.2. The van der Waals surface area contributed by atoms with Gasteiger partial charge in [0.25, 0.3) is 5.56 Å². The smallest absolute Gasteiger partial charge is 0.281 e. The number of benzene rings is 1. The molecule has 1 saturated heterocycles. The van der Waals surface area contributed by atoms with Crippen molar-refractivity contribution in [1.29, 1.82) is 0 Å². The zero-order chi connectivity index (χ0) is 22.3. The molecule has 0 aliphatic carbocycles. The zero-order valence-electron chi connectivity index (χ0n) is 18.3. The van der Waals surface area contributed by atoms with Gasteiger partial charge in [0, 0.05) is 39.3 Å². The predicted octanol–water partition coefficient (Wildman–Crippen LogP) is 1.67. The summed E-state index contributed by atoms with van der Waals surface area (Å²) >= 11 is 0. The zero-order valence-corrected chi connectivity index (χ0v) is 19.1. The van der Waals surface area contributed by atoms with Gasteiger partial charge in [-0.2, -0.15) is 9.40 Å². The summed E-state index contributed by atoms with van der Waals surface area (Å²) in [5, 5.41) is 4.36. The molecular weight excluding hydrogens is 416 g/mol. The number of hydrogen-bond donors (Lipinski definition) is 0. The van der Waals surface area contributed by atoms with Crippen molar-refractivity contribution in [2.24, 2.45) is 7.05 Å². The second-order valence-electron chi connectivity index (χ2n) is 8.21. The van der Waals surface area contributed by atoms with Crippen LogP contribution in [0.5, 0.6) is 0 Å². The SMILES string of the molecule is Cc1nn(C)c2c(=O)n(C(C)C)c(N3CCN(S(=O)(=O)Cc4ccccc4)CC3)nc12. The lowest BCUT2D eigenvalue weighted by molar-refractivity contribution is 0.378. The van der Waals surface area contributed by atoms with Crippen LogP contribution < -0.4 is 10.5 Å². The van der Waals surface area contributed by atoms with Crippen LogP contribution in [-0.2, 0) is 22.8 Å². The van der Waals surface area contributed by atoms with Crippen LogP contribution in [0.25, 0.3) is 11.0 Å². The molecule has 0 bridgehead atoms. The minimum absolute atomic E-state index is 0.0103. The average Bonchev–Trinajstić information content (AvgIpc) is 3.02. The Morgan fingerprint density at radius 2 is 1.71 bits per heavy atom. The van der Waals surface area contributed by atoms with E-state index in [9.17, 15) is 13.2 Å². The first-order valence-electron chi connectivity index (χ1n) is 10.4. The Morgan fingerprint density at radius 1 is 1.06 bits per heavy atom. The Bertz CT molecular complexity index is 1260. The molecule has 166 valence electrons. The number of nitrogens with zero attached hydrogens (tertiary/aromatic N) is 6. The van der Waals surface area contributed by atoms with Gasteiger partial charge in [0.05, 0.1) is 11.4 Å². The van der Waals surface area contributed by atoms with E-state index in [-0.39, 0.29) is 17.4 Å². The normalized spacial score (nSPS) is 15.8. The van der Waals surface area contributed by atoms with Crippen molar-refractivity contribution in [3.8, 4) is 0 Å². The number of fused-ring (bicyclic) bond motifs is 1. The van der Waals surface area contributed by atoms with Crippen molar-refractivity contribution in [3.05, 3.63) is 51.9 Å². The second-order valence-corrected chi connectivity index (χ2v) is 10.2. The Balaban J connectivity index is 1.61. The maximum atomic E-state index is 13.2. The fourth-order valence-corrected chi connectivity index (χ4v) is 5.63. The first kappa shape index (κ1) is 21.5. The van der Waals surface area contributed by atoms with Crippen LogP contribution in [0.15, 0.2) is 35.1 Å². The number of aryl methyl sites for hydroxylation is 2. The Kier molecular flexibility index (Phi) is 5.61. The molecule has 3 heterocycles. The van der Waals surface area contributed by atoms with Gasteiger partial charge in [-0.25, -0.2) is 13.4 Å². The van der Waals surface area contributed by atoms with Crippen LogP contribution >= 0.6 is 0 Å². The Labute approximate surface area is 182 Å². The molecule has 1 aromatic carbocycles. The van der Waals surface area contributed by atoms with Gasteiger partial charge in [-0.1, -0.05) is 30.3 Å². The van der Waals surface area contributed by atoms with E-state index in [1.165, 1.54) is 4.31 Å². The first-order chi connectivity index (χ1) is 14.7. The highest BCUT2D eigenvalue weighted by Crippen LogP contribution is 2.23. The first-order valence-corrected chi connectivity index (χ1v) is 12.0. The van der Waals surface area contributed by atoms with Gasteiger partial charge >= 0.3 is 0 Å². The number of aromatic nitrogens is 4. The van der Waals surface area contributed by atoms with E-state index in [4.69, 9.17) is 4.98 Å². The molecule has 10 heteroatoms. The molecular formula is C21H28N6O3S. The monoisotopic (exact) mass is 444 g/mol. The molecule has 1 fully saturated rings. The third-order valence-electron chi connectivity index (χ3n) is 5.66. The second kappa shape index (κ2) is 8.08. The minimum atomic E-state index is -3.41. The third kappa shape index (κ3) is 3.97. The van der Waals surface area contributed by atoms with E-state index in [1.807, 2.05) is 56.0 Å². The molecule has 2 aromatic heterocycles. The van der Waals surface area contributed by atoms with Crippen LogP contribution in [0.3, 0.4) is 0 Å².